The molecule has 4 nitrogen and oxygen atoms in total. The lowest BCUT2D eigenvalue weighted by atomic mass is 9.91. The summed E-state index contributed by atoms with van der Waals surface area (Å²) in [5.41, 5.74) is 10.5. The molecule has 106 valence electrons. The number of nitriles is 1. The monoisotopic (exact) mass is 280 g/mol. The smallest absolute Gasteiger partial charge is 0.289 e. The van der Waals surface area contributed by atoms with Crippen LogP contribution in [-0.2, 0) is 12.8 Å². The fourth-order valence-corrected chi connectivity index (χ4v) is 3.10. The van der Waals surface area contributed by atoms with Crippen LogP contribution < -0.4 is 10.7 Å². The maximum Gasteiger partial charge on any atom is 0.289 e. The standard InChI is InChI=1S/C17H17N3O/c18-10-14-16(11-5-4-6-12(21)9-11)13-7-2-1-3-8-15(13)20-17(14)19/h4-6,9,21H,1-3,7-8H2,(H2,19,20)/p+1. The van der Waals surface area contributed by atoms with Crippen LogP contribution in [0.4, 0.5) is 5.82 Å². The molecule has 0 amide bonds. The number of rotatable bonds is 1. The van der Waals surface area contributed by atoms with E-state index in [1.165, 1.54) is 12.0 Å². The molecular weight excluding hydrogens is 262 g/mol. The first-order valence-corrected chi connectivity index (χ1v) is 7.26. The van der Waals surface area contributed by atoms with Crippen LogP contribution in [0, 0.1) is 11.3 Å². The van der Waals surface area contributed by atoms with Gasteiger partial charge in [0.05, 0.1) is 0 Å². The number of hydrogen-bond acceptors (Lipinski definition) is 3. The third kappa shape index (κ3) is 2.43. The fourth-order valence-electron chi connectivity index (χ4n) is 3.10. The number of anilines is 1. The number of benzene rings is 1. The lowest BCUT2D eigenvalue weighted by molar-refractivity contribution is -0.373. The van der Waals surface area contributed by atoms with Gasteiger partial charge in [-0.15, -0.1) is 0 Å². The molecule has 0 saturated heterocycles. The summed E-state index contributed by atoms with van der Waals surface area (Å²) in [6, 6.07) is 9.25. The van der Waals surface area contributed by atoms with Gasteiger partial charge in [0.15, 0.2) is 0 Å². The predicted octanol–water partition coefficient (Wildman–Crippen LogP) is 2.60. The van der Waals surface area contributed by atoms with Crippen molar-refractivity contribution in [2.24, 2.45) is 0 Å². The van der Waals surface area contributed by atoms with E-state index in [4.69, 9.17) is 5.73 Å². The van der Waals surface area contributed by atoms with E-state index in [1.54, 1.807) is 18.2 Å². The van der Waals surface area contributed by atoms with E-state index in [2.05, 4.69) is 11.1 Å². The first kappa shape index (κ1) is 13.4. The van der Waals surface area contributed by atoms with Crippen LogP contribution in [-0.4, -0.2) is 5.11 Å². The highest BCUT2D eigenvalue weighted by Gasteiger charge is 2.24. The molecule has 1 aromatic carbocycles. The average molecular weight is 280 g/mol. The van der Waals surface area contributed by atoms with Gasteiger partial charge >= 0.3 is 0 Å². The molecule has 0 atom stereocenters. The molecule has 1 aliphatic rings. The van der Waals surface area contributed by atoms with Gasteiger partial charge in [-0.2, -0.15) is 5.26 Å². The second-order valence-electron chi connectivity index (χ2n) is 5.47. The highest BCUT2D eigenvalue weighted by molar-refractivity contribution is 5.78. The Hall–Kier alpha value is -2.54. The summed E-state index contributed by atoms with van der Waals surface area (Å²) < 4.78 is 0. The number of H-pyrrole nitrogens is 1. The van der Waals surface area contributed by atoms with Crippen molar-refractivity contribution in [1.82, 2.24) is 0 Å². The minimum Gasteiger partial charge on any atom is -0.508 e. The van der Waals surface area contributed by atoms with Crippen LogP contribution in [0.1, 0.15) is 36.1 Å². The molecule has 0 spiro atoms. The van der Waals surface area contributed by atoms with Gasteiger partial charge in [-0.25, -0.2) is 4.98 Å². The molecule has 1 aliphatic carbocycles. The van der Waals surface area contributed by atoms with Gasteiger partial charge in [0.25, 0.3) is 5.82 Å². The quantitative estimate of drug-likeness (QED) is 0.787. The molecule has 0 saturated carbocycles. The Balaban J connectivity index is 2.31. The number of phenols is 1. The Kier molecular flexibility index (Phi) is 3.49. The Morgan fingerprint density at radius 2 is 2.00 bits per heavy atom. The number of hydrogen-bond donors (Lipinski definition) is 2. The zero-order valence-electron chi connectivity index (χ0n) is 11.8. The molecule has 21 heavy (non-hydrogen) atoms. The van der Waals surface area contributed by atoms with Gasteiger partial charge in [-0.1, -0.05) is 18.6 Å². The minimum absolute atomic E-state index is 0.199. The Morgan fingerprint density at radius 1 is 1.19 bits per heavy atom. The number of nitrogens with zero attached hydrogens (tertiary/aromatic N) is 1. The van der Waals surface area contributed by atoms with E-state index in [1.807, 2.05) is 6.07 Å². The van der Waals surface area contributed by atoms with Crippen LogP contribution in [0.2, 0.25) is 0 Å². The average Bonchev–Trinajstić information content (AvgIpc) is 2.70. The van der Waals surface area contributed by atoms with E-state index in [9.17, 15) is 10.4 Å². The third-order valence-electron chi connectivity index (χ3n) is 4.07. The van der Waals surface area contributed by atoms with E-state index in [0.29, 0.717) is 11.4 Å². The minimum atomic E-state index is 0.199. The van der Waals surface area contributed by atoms with Crippen LogP contribution >= 0.6 is 0 Å². The number of nitrogens with two attached hydrogens (primary N) is 1. The number of aromatic nitrogens is 1. The predicted molar refractivity (Wildman–Crippen MR) is 80.5 cm³/mol. The number of aromatic amines is 1. The number of nitrogen functional groups attached to an aromatic ring is 1. The second kappa shape index (κ2) is 5.45. The van der Waals surface area contributed by atoms with E-state index in [0.717, 1.165) is 42.5 Å². The lowest BCUT2D eigenvalue weighted by Gasteiger charge is -2.13. The van der Waals surface area contributed by atoms with E-state index >= 15 is 0 Å². The molecule has 0 fully saturated rings. The summed E-state index contributed by atoms with van der Waals surface area (Å²) in [6.07, 6.45) is 5.32. The summed E-state index contributed by atoms with van der Waals surface area (Å²) in [4.78, 5) is 3.20. The van der Waals surface area contributed by atoms with Crippen molar-refractivity contribution in [1.29, 1.82) is 5.26 Å². The molecule has 0 radical (unpaired) electrons. The SMILES string of the molecule is N#Cc1c(N)[nH+]c2c(c1-c1cccc(O)c1)CCCCC2. The maximum absolute atomic E-state index is 9.74. The van der Waals surface area contributed by atoms with Gasteiger partial charge < -0.3 is 5.11 Å². The summed E-state index contributed by atoms with van der Waals surface area (Å²) >= 11 is 0. The maximum atomic E-state index is 9.74. The van der Waals surface area contributed by atoms with Crippen molar-refractivity contribution in [2.75, 3.05) is 5.73 Å². The van der Waals surface area contributed by atoms with Gasteiger partial charge in [-0.3, -0.25) is 5.73 Å². The molecule has 1 heterocycles. The molecule has 3 rings (SSSR count). The largest absolute Gasteiger partial charge is 0.508 e. The van der Waals surface area contributed by atoms with Gasteiger partial charge in [0.2, 0.25) is 0 Å². The first-order chi connectivity index (χ1) is 10.2. The highest BCUT2D eigenvalue weighted by atomic mass is 16.3. The number of fused-ring (bicyclic) bond motifs is 1. The van der Waals surface area contributed by atoms with Crippen molar-refractivity contribution >= 4 is 5.82 Å². The van der Waals surface area contributed by atoms with Crippen LogP contribution in [0.5, 0.6) is 5.75 Å². The summed E-state index contributed by atoms with van der Waals surface area (Å²) in [5.74, 6) is 0.613. The van der Waals surface area contributed by atoms with Crippen molar-refractivity contribution in [3.8, 4) is 22.9 Å². The number of nitrogens with one attached hydrogen (secondary N) is 1. The molecule has 4 N–H and O–H groups in total. The van der Waals surface area contributed by atoms with Gasteiger partial charge in [0.1, 0.15) is 23.1 Å². The van der Waals surface area contributed by atoms with Gasteiger partial charge in [0, 0.05) is 17.5 Å². The van der Waals surface area contributed by atoms with E-state index in [-0.39, 0.29) is 5.75 Å². The number of phenolic OH excluding ortho intramolecular Hbond substituents is 1. The van der Waals surface area contributed by atoms with Crippen molar-refractivity contribution in [3.63, 3.8) is 0 Å². The Labute approximate surface area is 123 Å². The topological polar surface area (TPSA) is 84.2 Å². The summed E-state index contributed by atoms with van der Waals surface area (Å²) in [6.45, 7) is 0. The molecule has 0 unspecified atom stereocenters. The van der Waals surface area contributed by atoms with E-state index < -0.39 is 0 Å². The zero-order valence-corrected chi connectivity index (χ0v) is 11.8. The Morgan fingerprint density at radius 3 is 2.76 bits per heavy atom. The summed E-state index contributed by atoms with van der Waals surface area (Å²) in [7, 11) is 0. The normalized spacial score (nSPS) is 14.0. The molecule has 0 bridgehead atoms. The number of aryl methyl sites for hydroxylation is 1. The second-order valence-corrected chi connectivity index (χ2v) is 5.47. The molecule has 0 aliphatic heterocycles. The third-order valence-corrected chi connectivity index (χ3v) is 4.07. The summed E-state index contributed by atoms with van der Waals surface area (Å²) in [5, 5.41) is 19.2. The van der Waals surface area contributed by atoms with Crippen LogP contribution in [0.25, 0.3) is 11.1 Å². The molecule has 4 heteroatoms. The fraction of sp³-hybridized carbons (Fsp3) is 0.294. The van der Waals surface area contributed by atoms with Crippen LogP contribution in [0.15, 0.2) is 24.3 Å². The van der Waals surface area contributed by atoms with Crippen LogP contribution in [0.3, 0.4) is 0 Å². The Bertz CT molecular complexity index is 732. The number of aromatic hydroxyl groups is 1. The lowest BCUT2D eigenvalue weighted by Crippen LogP contribution is -2.21. The highest BCUT2D eigenvalue weighted by Crippen LogP contribution is 2.34. The zero-order chi connectivity index (χ0) is 14.8. The van der Waals surface area contributed by atoms with Crippen molar-refractivity contribution < 1.29 is 10.1 Å². The van der Waals surface area contributed by atoms with Gasteiger partial charge in [-0.05, 0) is 37.0 Å². The first-order valence-electron chi connectivity index (χ1n) is 7.26. The number of pyridine rings is 1. The molecule has 1 aromatic heterocycles. The molecule has 2 aromatic rings. The van der Waals surface area contributed by atoms with Crippen molar-refractivity contribution in [2.45, 2.75) is 32.1 Å². The molecular formula is C17H18N3O+. The van der Waals surface area contributed by atoms with Crippen molar-refractivity contribution in [3.05, 3.63) is 41.1 Å².